The molecule has 0 aliphatic heterocycles. The fourth-order valence-electron chi connectivity index (χ4n) is 1.34. The summed E-state index contributed by atoms with van der Waals surface area (Å²) in [5, 5.41) is 0.424. The highest BCUT2D eigenvalue weighted by Crippen LogP contribution is 2.36. The Hall–Kier alpha value is -0.570. The van der Waals surface area contributed by atoms with Crippen LogP contribution in [0.3, 0.4) is 0 Å². The van der Waals surface area contributed by atoms with Crippen molar-refractivity contribution in [3.63, 3.8) is 0 Å². The SMILES string of the molecule is [2H]c1c(Cl)c([2H])c2sc3c([2H])c(Br)c([2H])c([2H])c3c2c1[2H]. The van der Waals surface area contributed by atoms with Gasteiger partial charge in [-0.05, 0) is 24.2 Å². The van der Waals surface area contributed by atoms with Crippen molar-refractivity contribution >= 4 is 59.0 Å². The van der Waals surface area contributed by atoms with Gasteiger partial charge in [-0.15, -0.1) is 11.3 Å². The molecule has 0 spiro atoms. The molecule has 0 nitrogen and oxygen atoms in total. The fourth-order valence-corrected chi connectivity index (χ4v) is 2.99. The number of halogens is 2. The monoisotopic (exact) mass is 302 g/mol. The number of benzene rings is 2. The third-order valence-electron chi connectivity index (χ3n) is 1.95. The summed E-state index contributed by atoms with van der Waals surface area (Å²) in [6, 6.07) is -0.724. The Morgan fingerprint density at radius 2 is 1.73 bits per heavy atom. The maximum atomic E-state index is 8.08. The lowest BCUT2D eigenvalue weighted by Crippen LogP contribution is -1.66. The van der Waals surface area contributed by atoms with E-state index in [0.717, 1.165) is 11.3 Å². The number of hydrogen-bond acceptors (Lipinski definition) is 1. The smallest absolute Gasteiger partial charge is 0.0654 e. The summed E-state index contributed by atoms with van der Waals surface area (Å²) in [4.78, 5) is 0. The van der Waals surface area contributed by atoms with Gasteiger partial charge in [0.2, 0.25) is 0 Å². The predicted molar refractivity (Wildman–Crippen MR) is 72.0 cm³/mol. The van der Waals surface area contributed by atoms with Gasteiger partial charge in [-0.2, -0.15) is 0 Å². The van der Waals surface area contributed by atoms with Gasteiger partial charge in [0.25, 0.3) is 0 Å². The third kappa shape index (κ3) is 1.57. The van der Waals surface area contributed by atoms with Crippen molar-refractivity contribution in [3.8, 4) is 0 Å². The highest BCUT2D eigenvalue weighted by atomic mass is 79.9. The molecule has 0 saturated heterocycles. The summed E-state index contributed by atoms with van der Waals surface area (Å²) in [5.74, 6) is 0. The van der Waals surface area contributed by atoms with E-state index in [1.165, 1.54) is 0 Å². The minimum atomic E-state index is -0.269. The van der Waals surface area contributed by atoms with Gasteiger partial charge in [-0.25, -0.2) is 0 Å². The minimum Gasteiger partial charge on any atom is -0.135 e. The van der Waals surface area contributed by atoms with E-state index in [0.29, 0.717) is 9.40 Å². The maximum absolute atomic E-state index is 8.08. The summed E-state index contributed by atoms with van der Waals surface area (Å²) < 4.78 is 48.9. The Bertz CT molecular complexity index is 861. The molecule has 74 valence electrons. The molecule has 3 heteroatoms. The molecule has 0 bridgehead atoms. The van der Waals surface area contributed by atoms with E-state index < -0.39 is 0 Å². The van der Waals surface area contributed by atoms with Crippen molar-refractivity contribution in [2.75, 3.05) is 0 Å². The van der Waals surface area contributed by atoms with Gasteiger partial charge in [0.15, 0.2) is 0 Å². The van der Waals surface area contributed by atoms with E-state index in [9.17, 15) is 0 Å². The van der Waals surface area contributed by atoms with Gasteiger partial charge in [-0.3, -0.25) is 0 Å². The molecule has 0 amide bonds. The second kappa shape index (κ2) is 3.48. The van der Waals surface area contributed by atoms with Gasteiger partial charge >= 0.3 is 0 Å². The standard InChI is InChI=1S/C12H6BrClS/c13-7-1-3-9-10-4-2-8(14)6-12(10)15-11(9)5-7/h1-6H/i1D,2D,3D,4D,5D,6D. The van der Waals surface area contributed by atoms with Crippen LogP contribution in [-0.4, -0.2) is 0 Å². The van der Waals surface area contributed by atoms with Gasteiger partial charge in [0.05, 0.1) is 8.22 Å². The lowest BCUT2D eigenvalue weighted by molar-refractivity contribution is 1.77. The average molecular weight is 304 g/mol. The van der Waals surface area contributed by atoms with E-state index >= 15 is 0 Å². The van der Waals surface area contributed by atoms with Crippen LogP contribution in [0.25, 0.3) is 20.2 Å². The Balaban J connectivity index is 2.73. The van der Waals surface area contributed by atoms with Crippen LogP contribution in [0.5, 0.6) is 0 Å². The van der Waals surface area contributed by atoms with Crippen LogP contribution in [0.2, 0.25) is 5.02 Å². The summed E-state index contributed by atoms with van der Waals surface area (Å²) in [6.07, 6.45) is 0. The molecule has 15 heavy (non-hydrogen) atoms. The molecule has 0 atom stereocenters. The van der Waals surface area contributed by atoms with Crippen molar-refractivity contribution in [1.29, 1.82) is 0 Å². The van der Waals surface area contributed by atoms with Crippen LogP contribution in [0.1, 0.15) is 8.22 Å². The first-order chi connectivity index (χ1) is 9.77. The molecule has 0 saturated carbocycles. The van der Waals surface area contributed by atoms with Crippen molar-refractivity contribution in [2.45, 2.75) is 0 Å². The second-order valence-electron chi connectivity index (χ2n) is 2.89. The van der Waals surface area contributed by atoms with E-state index in [2.05, 4.69) is 15.9 Å². The zero-order chi connectivity index (χ0) is 15.6. The van der Waals surface area contributed by atoms with Crippen LogP contribution in [0, 0.1) is 0 Å². The van der Waals surface area contributed by atoms with Gasteiger partial charge in [-0.1, -0.05) is 39.6 Å². The maximum Gasteiger partial charge on any atom is 0.0654 e. The molecule has 3 rings (SSSR count). The molecule has 0 radical (unpaired) electrons. The normalized spacial score (nSPS) is 16.9. The van der Waals surface area contributed by atoms with Crippen molar-refractivity contribution in [3.05, 3.63) is 45.7 Å². The van der Waals surface area contributed by atoms with Crippen LogP contribution in [0.15, 0.2) is 40.7 Å². The van der Waals surface area contributed by atoms with E-state index in [1.54, 1.807) is 0 Å². The zero-order valence-corrected chi connectivity index (χ0v) is 10.3. The number of fused-ring (bicyclic) bond motifs is 3. The van der Waals surface area contributed by atoms with Crippen LogP contribution >= 0.6 is 38.9 Å². The summed E-state index contributed by atoms with van der Waals surface area (Å²) >= 11 is 10.1. The Morgan fingerprint density at radius 3 is 2.53 bits per heavy atom. The van der Waals surface area contributed by atoms with Crippen molar-refractivity contribution in [2.24, 2.45) is 0 Å². The number of rotatable bonds is 0. The molecule has 0 N–H and O–H groups in total. The summed E-state index contributed by atoms with van der Waals surface area (Å²) in [6.45, 7) is 0. The molecule has 0 aliphatic carbocycles. The molecule has 1 aromatic heterocycles. The first-order valence-electron chi connectivity index (χ1n) is 7.04. The predicted octanol–water partition coefficient (Wildman–Crippen LogP) is 5.47. The van der Waals surface area contributed by atoms with Crippen LogP contribution in [0.4, 0.5) is 0 Å². The highest BCUT2D eigenvalue weighted by molar-refractivity contribution is 9.10. The number of thiophene rings is 1. The molecule has 2 aromatic carbocycles. The molecule has 0 aliphatic rings. The van der Waals surface area contributed by atoms with E-state index in [-0.39, 0.29) is 56.5 Å². The van der Waals surface area contributed by atoms with Gasteiger partial charge in [0, 0.05) is 29.7 Å². The average Bonchev–Trinajstić information content (AvgIpc) is 2.87. The Labute approximate surface area is 113 Å². The second-order valence-corrected chi connectivity index (χ2v) is 5.08. The lowest BCUT2D eigenvalue weighted by Gasteiger charge is -1.92. The van der Waals surface area contributed by atoms with Crippen molar-refractivity contribution in [1.82, 2.24) is 0 Å². The highest BCUT2D eigenvalue weighted by Gasteiger charge is 2.05. The molecule has 3 aromatic rings. The zero-order valence-electron chi connectivity index (χ0n) is 13.2. The van der Waals surface area contributed by atoms with E-state index in [1.807, 2.05) is 0 Å². The molecule has 0 unspecified atom stereocenters. The fraction of sp³-hybridized carbons (Fsp3) is 0. The topological polar surface area (TPSA) is 0 Å². The molecule has 1 heterocycles. The first kappa shape index (κ1) is 5.17. The molecule has 0 fully saturated rings. The lowest BCUT2D eigenvalue weighted by atomic mass is 10.2. The Morgan fingerprint density at radius 1 is 1.07 bits per heavy atom. The first-order valence-corrected chi connectivity index (χ1v) is 6.02. The Kier molecular flexibility index (Phi) is 1.20. The summed E-state index contributed by atoms with van der Waals surface area (Å²) in [7, 11) is 0. The number of hydrogen-bond donors (Lipinski definition) is 0. The van der Waals surface area contributed by atoms with E-state index in [4.69, 9.17) is 19.8 Å². The van der Waals surface area contributed by atoms with Crippen LogP contribution in [-0.2, 0) is 0 Å². The third-order valence-corrected chi connectivity index (χ3v) is 3.56. The van der Waals surface area contributed by atoms with Gasteiger partial charge < -0.3 is 0 Å². The van der Waals surface area contributed by atoms with Crippen molar-refractivity contribution < 1.29 is 8.22 Å². The summed E-state index contributed by atoms with van der Waals surface area (Å²) in [5.41, 5.74) is 0. The molecular formula is C12H6BrClS. The quantitative estimate of drug-likeness (QED) is 0.516. The largest absolute Gasteiger partial charge is 0.135 e. The molecular weight excluding hydrogens is 292 g/mol. The van der Waals surface area contributed by atoms with Crippen LogP contribution < -0.4 is 0 Å². The van der Waals surface area contributed by atoms with Gasteiger partial charge in [0.1, 0.15) is 0 Å². The minimum absolute atomic E-state index is 0.0497.